The zero-order valence-electron chi connectivity index (χ0n) is 17.9. The molecule has 4 rings (SSSR count). The number of halogens is 1. The van der Waals surface area contributed by atoms with Crippen LogP contribution in [0.3, 0.4) is 0 Å². The Kier molecular flexibility index (Phi) is 7.29. The maximum absolute atomic E-state index is 12.9. The van der Waals surface area contributed by atoms with Gasteiger partial charge in [0.2, 0.25) is 5.13 Å². The van der Waals surface area contributed by atoms with Gasteiger partial charge < -0.3 is 9.84 Å². The molecular formula is C24H24FN3O4S. The van der Waals surface area contributed by atoms with Gasteiger partial charge in [-0.1, -0.05) is 23.5 Å². The molecule has 2 N–H and O–H groups in total. The summed E-state index contributed by atoms with van der Waals surface area (Å²) in [5.41, 5.74) is 1.70. The Morgan fingerprint density at radius 3 is 2.39 bits per heavy atom. The topological polar surface area (TPSA) is 101 Å². The van der Waals surface area contributed by atoms with Crippen molar-refractivity contribution in [2.45, 2.75) is 44.6 Å². The van der Waals surface area contributed by atoms with Gasteiger partial charge in [0, 0.05) is 12.0 Å². The minimum absolute atomic E-state index is 0.169. The molecule has 0 atom stereocenters. The maximum atomic E-state index is 12.9. The van der Waals surface area contributed by atoms with Crippen molar-refractivity contribution in [3.8, 4) is 5.75 Å². The van der Waals surface area contributed by atoms with Gasteiger partial charge in [0.05, 0.1) is 0 Å². The van der Waals surface area contributed by atoms with Gasteiger partial charge in [-0.25, -0.2) is 4.39 Å². The second-order valence-electron chi connectivity index (χ2n) is 8.14. The highest BCUT2D eigenvalue weighted by Gasteiger charge is 2.24. The van der Waals surface area contributed by atoms with E-state index in [0.717, 1.165) is 25.7 Å². The minimum Gasteiger partial charge on any atom is -0.486 e. The van der Waals surface area contributed by atoms with E-state index in [-0.39, 0.29) is 30.7 Å². The first-order valence-electron chi connectivity index (χ1n) is 10.8. The first kappa shape index (κ1) is 22.8. The predicted octanol–water partition coefficient (Wildman–Crippen LogP) is 5.26. The number of carbonyl (C=O) groups is 2. The van der Waals surface area contributed by atoms with E-state index in [1.807, 2.05) is 12.1 Å². The van der Waals surface area contributed by atoms with Crippen LogP contribution < -0.4 is 10.1 Å². The average Bonchev–Trinajstić information content (AvgIpc) is 3.26. The number of amides is 1. The molecule has 0 unspecified atom stereocenters. The molecule has 2 aromatic carbocycles. The Bertz CT molecular complexity index is 1090. The van der Waals surface area contributed by atoms with Crippen LogP contribution in [0, 0.1) is 11.7 Å². The summed E-state index contributed by atoms with van der Waals surface area (Å²) in [6.07, 6.45) is 4.03. The van der Waals surface area contributed by atoms with E-state index in [0.29, 0.717) is 27.4 Å². The Labute approximate surface area is 194 Å². The summed E-state index contributed by atoms with van der Waals surface area (Å²) in [5, 5.41) is 20.7. The first-order valence-corrected chi connectivity index (χ1v) is 11.6. The minimum atomic E-state index is -0.725. The summed E-state index contributed by atoms with van der Waals surface area (Å²) >= 11 is 1.21. The van der Waals surface area contributed by atoms with Gasteiger partial charge in [-0.05, 0) is 79.5 Å². The number of carboxylic acids is 1. The van der Waals surface area contributed by atoms with Crippen molar-refractivity contribution >= 4 is 28.3 Å². The van der Waals surface area contributed by atoms with E-state index in [1.54, 1.807) is 12.1 Å². The molecule has 1 saturated carbocycles. The van der Waals surface area contributed by atoms with Crippen LogP contribution in [0.4, 0.5) is 9.52 Å². The lowest BCUT2D eigenvalue weighted by atomic mass is 9.77. The summed E-state index contributed by atoms with van der Waals surface area (Å²) in [4.78, 5) is 23.5. The number of nitrogens with one attached hydrogen (secondary N) is 1. The van der Waals surface area contributed by atoms with Crippen molar-refractivity contribution in [1.29, 1.82) is 0 Å². The quantitative estimate of drug-likeness (QED) is 0.467. The smallest absolute Gasteiger partial charge is 0.303 e. The third kappa shape index (κ3) is 6.35. The number of hydrogen-bond acceptors (Lipinski definition) is 6. The van der Waals surface area contributed by atoms with Crippen molar-refractivity contribution in [2.75, 3.05) is 5.32 Å². The number of hydrogen-bond donors (Lipinski definition) is 2. The van der Waals surface area contributed by atoms with Crippen LogP contribution >= 0.6 is 11.3 Å². The second kappa shape index (κ2) is 10.5. The fourth-order valence-corrected chi connectivity index (χ4v) is 4.71. The standard InChI is InChI=1S/C24H24FN3O4S/c25-19-9-11-20(12-10-19)32-14-21-27-28-24(33-21)26-23(31)18-7-5-17(6-8-18)16-3-1-15(2-4-16)13-22(29)30/h5-12,15-16H,1-4,13-14H2,(H,29,30)(H,26,28,31). The largest absolute Gasteiger partial charge is 0.486 e. The summed E-state index contributed by atoms with van der Waals surface area (Å²) in [6.45, 7) is 0.169. The van der Waals surface area contributed by atoms with E-state index in [2.05, 4.69) is 15.5 Å². The molecule has 33 heavy (non-hydrogen) atoms. The third-order valence-corrected chi connectivity index (χ3v) is 6.63. The Morgan fingerprint density at radius 1 is 1.03 bits per heavy atom. The molecule has 0 radical (unpaired) electrons. The summed E-state index contributed by atoms with van der Waals surface area (Å²) in [6, 6.07) is 13.2. The van der Waals surface area contributed by atoms with E-state index >= 15 is 0 Å². The van der Waals surface area contributed by atoms with Crippen LogP contribution in [-0.2, 0) is 11.4 Å². The van der Waals surface area contributed by atoms with E-state index in [1.165, 1.54) is 41.2 Å². The number of nitrogens with zero attached hydrogens (tertiary/aromatic N) is 2. The van der Waals surface area contributed by atoms with E-state index < -0.39 is 5.97 Å². The number of anilines is 1. The van der Waals surface area contributed by atoms with Gasteiger partial charge in [-0.3, -0.25) is 14.9 Å². The molecule has 3 aromatic rings. The molecule has 1 aliphatic rings. The van der Waals surface area contributed by atoms with Crippen molar-refractivity contribution in [3.63, 3.8) is 0 Å². The van der Waals surface area contributed by atoms with Crippen molar-refractivity contribution < 1.29 is 23.8 Å². The molecule has 0 bridgehead atoms. The fourth-order valence-electron chi connectivity index (χ4n) is 4.06. The van der Waals surface area contributed by atoms with Crippen LogP contribution in [-0.4, -0.2) is 27.2 Å². The van der Waals surface area contributed by atoms with Crippen LogP contribution in [0.1, 0.15) is 59.0 Å². The summed E-state index contributed by atoms with van der Waals surface area (Å²) in [7, 11) is 0. The Morgan fingerprint density at radius 2 is 1.73 bits per heavy atom. The van der Waals surface area contributed by atoms with E-state index in [4.69, 9.17) is 9.84 Å². The number of aromatic nitrogens is 2. The van der Waals surface area contributed by atoms with Gasteiger partial charge in [-0.2, -0.15) is 0 Å². The molecule has 0 aliphatic heterocycles. The van der Waals surface area contributed by atoms with Crippen LogP contribution in [0.5, 0.6) is 5.75 Å². The molecule has 1 aliphatic carbocycles. The highest BCUT2D eigenvalue weighted by Crippen LogP contribution is 2.37. The van der Waals surface area contributed by atoms with Crippen molar-refractivity contribution in [1.82, 2.24) is 10.2 Å². The molecule has 1 fully saturated rings. The number of aliphatic carboxylic acids is 1. The molecule has 172 valence electrons. The molecule has 1 aromatic heterocycles. The molecule has 7 nitrogen and oxygen atoms in total. The molecule has 0 spiro atoms. The monoisotopic (exact) mass is 469 g/mol. The molecule has 9 heteroatoms. The zero-order valence-corrected chi connectivity index (χ0v) is 18.7. The Hall–Kier alpha value is -3.33. The second-order valence-corrected chi connectivity index (χ2v) is 9.20. The van der Waals surface area contributed by atoms with Gasteiger partial charge >= 0.3 is 5.97 Å². The third-order valence-electron chi connectivity index (χ3n) is 5.82. The zero-order chi connectivity index (χ0) is 23.2. The fraction of sp³-hybridized carbons (Fsp3) is 0.333. The van der Waals surface area contributed by atoms with Crippen molar-refractivity contribution in [3.05, 3.63) is 70.5 Å². The Balaban J connectivity index is 1.27. The average molecular weight is 470 g/mol. The highest BCUT2D eigenvalue weighted by atomic mass is 32.1. The number of rotatable bonds is 8. The number of ether oxygens (including phenoxy) is 1. The SMILES string of the molecule is O=C(O)CC1CCC(c2ccc(C(=O)Nc3nnc(COc4ccc(F)cc4)s3)cc2)CC1. The highest BCUT2D eigenvalue weighted by molar-refractivity contribution is 7.15. The molecular weight excluding hydrogens is 445 g/mol. The summed E-state index contributed by atoms with van der Waals surface area (Å²) < 4.78 is 18.5. The van der Waals surface area contributed by atoms with Gasteiger partial charge in [0.1, 0.15) is 18.2 Å². The lowest BCUT2D eigenvalue weighted by Gasteiger charge is -2.28. The molecule has 1 heterocycles. The normalized spacial score (nSPS) is 18.0. The van der Waals surface area contributed by atoms with Crippen molar-refractivity contribution in [2.24, 2.45) is 5.92 Å². The lowest BCUT2D eigenvalue weighted by Crippen LogP contribution is -2.16. The molecule has 0 saturated heterocycles. The molecule has 1 amide bonds. The predicted molar refractivity (Wildman–Crippen MR) is 122 cm³/mol. The van der Waals surface area contributed by atoms with Gasteiger partial charge in [-0.15, -0.1) is 10.2 Å². The lowest BCUT2D eigenvalue weighted by molar-refractivity contribution is -0.138. The summed E-state index contributed by atoms with van der Waals surface area (Å²) in [5.74, 6) is -0.140. The van der Waals surface area contributed by atoms with E-state index in [9.17, 15) is 14.0 Å². The maximum Gasteiger partial charge on any atom is 0.303 e. The van der Waals surface area contributed by atoms with Gasteiger partial charge in [0.25, 0.3) is 5.91 Å². The number of carboxylic acid groups (broad SMARTS) is 1. The number of carbonyl (C=O) groups excluding carboxylic acids is 1. The van der Waals surface area contributed by atoms with Crippen LogP contribution in [0.2, 0.25) is 0 Å². The number of benzene rings is 2. The van der Waals surface area contributed by atoms with Gasteiger partial charge in [0.15, 0.2) is 5.01 Å². The van der Waals surface area contributed by atoms with Crippen LogP contribution in [0.15, 0.2) is 48.5 Å². The first-order chi connectivity index (χ1) is 16.0. The van der Waals surface area contributed by atoms with Crippen LogP contribution in [0.25, 0.3) is 0 Å².